The molecular formula is C14H18N4O5. The number of nitro benzene ring substituents is 1. The quantitative estimate of drug-likeness (QED) is 0.493. The van der Waals surface area contributed by atoms with E-state index in [-0.39, 0.29) is 23.8 Å². The highest BCUT2D eigenvalue weighted by Crippen LogP contribution is 2.27. The number of non-ortho nitro benzene ring substituents is 1. The Balaban J connectivity index is 1.90. The standard InChI is InChI=1S/C14H18N4O5/c1-14(2,3)23-13(19)16-8-7-15-12-17-11-9(18(20)21)5-4-6-10(11)22-12/h4-6H,7-8H2,1-3H3,(H,15,17)(H,16,19). The molecule has 0 bridgehead atoms. The molecule has 0 aliphatic heterocycles. The Morgan fingerprint density at radius 2 is 2.13 bits per heavy atom. The van der Waals surface area contributed by atoms with Gasteiger partial charge in [0.05, 0.1) is 4.92 Å². The Morgan fingerprint density at radius 3 is 2.78 bits per heavy atom. The number of amides is 1. The highest BCUT2D eigenvalue weighted by atomic mass is 16.6. The number of ether oxygens (including phenoxy) is 1. The first kappa shape index (κ1) is 16.5. The lowest BCUT2D eigenvalue weighted by Gasteiger charge is -2.19. The maximum absolute atomic E-state index is 11.5. The molecular weight excluding hydrogens is 304 g/mol. The highest BCUT2D eigenvalue weighted by Gasteiger charge is 2.18. The summed E-state index contributed by atoms with van der Waals surface area (Å²) >= 11 is 0. The van der Waals surface area contributed by atoms with Crippen LogP contribution in [0.3, 0.4) is 0 Å². The number of anilines is 1. The summed E-state index contributed by atoms with van der Waals surface area (Å²) < 4.78 is 10.5. The lowest BCUT2D eigenvalue weighted by Crippen LogP contribution is -2.35. The summed E-state index contributed by atoms with van der Waals surface area (Å²) in [4.78, 5) is 25.9. The lowest BCUT2D eigenvalue weighted by molar-refractivity contribution is -0.383. The first-order chi connectivity index (χ1) is 10.8. The number of carbonyl (C=O) groups excluding carboxylic acids is 1. The van der Waals surface area contributed by atoms with Crippen molar-refractivity contribution in [2.24, 2.45) is 0 Å². The molecule has 0 atom stereocenters. The molecule has 0 fully saturated rings. The summed E-state index contributed by atoms with van der Waals surface area (Å²) in [6.45, 7) is 5.94. The van der Waals surface area contributed by atoms with Crippen LogP contribution < -0.4 is 10.6 Å². The van der Waals surface area contributed by atoms with E-state index in [1.165, 1.54) is 12.1 Å². The lowest BCUT2D eigenvalue weighted by atomic mass is 10.2. The molecule has 2 rings (SSSR count). The summed E-state index contributed by atoms with van der Waals surface area (Å²) in [6, 6.07) is 4.64. The van der Waals surface area contributed by atoms with Gasteiger partial charge in [-0.25, -0.2) is 4.79 Å². The van der Waals surface area contributed by atoms with Crippen molar-refractivity contribution in [3.05, 3.63) is 28.3 Å². The maximum atomic E-state index is 11.5. The van der Waals surface area contributed by atoms with E-state index < -0.39 is 16.6 Å². The Morgan fingerprint density at radius 1 is 1.39 bits per heavy atom. The molecule has 0 saturated heterocycles. The van der Waals surface area contributed by atoms with E-state index in [1.54, 1.807) is 26.8 Å². The topological polar surface area (TPSA) is 120 Å². The van der Waals surface area contributed by atoms with E-state index in [4.69, 9.17) is 9.15 Å². The molecule has 0 radical (unpaired) electrons. The minimum atomic E-state index is -0.559. The van der Waals surface area contributed by atoms with Gasteiger partial charge in [-0.1, -0.05) is 6.07 Å². The van der Waals surface area contributed by atoms with Gasteiger partial charge in [0.25, 0.3) is 11.7 Å². The van der Waals surface area contributed by atoms with E-state index in [2.05, 4.69) is 15.6 Å². The molecule has 124 valence electrons. The zero-order chi connectivity index (χ0) is 17.0. The number of hydrogen-bond donors (Lipinski definition) is 2. The summed E-state index contributed by atoms with van der Waals surface area (Å²) in [5.74, 6) is 0. The molecule has 2 N–H and O–H groups in total. The zero-order valence-electron chi connectivity index (χ0n) is 13.1. The fourth-order valence-electron chi connectivity index (χ4n) is 1.81. The van der Waals surface area contributed by atoms with Gasteiger partial charge in [-0.15, -0.1) is 0 Å². The number of nitrogens with zero attached hydrogens (tertiary/aromatic N) is 2. The molecule has 0 aliphatic carbocycles. The summed E-state index contributed by atoms with van der Waals surface area (Å²) in [5, 5.41) is 16.3. The smallest absolute Gasteiger partial charge is 0.407 e. The van der Waals surface area contributed by atoms with Gasteiger partial charge in [-0.05, 0) is 26.8 Å². The molecule has 1 amide bonds. The SMILES string of the molecule is CC(C)(C)OC(=O)NCCNc1nc2c([N+](=O)[O-])cccc2o1. The number of fused-ring (bicyclic) bond motifs is 1. The molecule has 0 aliphatic rings. The van der Waals surface area contributed by atoms with Crippen LogP contribution in [0.4, 0.5) is 16.5 Å². The van der Waals surface area contributed by atoms with E-state index >= 15 is 0 Å². The number of aromatic nitrogens is 1. The van der Waals surface area contributed by atoms with E-state index in [9.17, 15) is 14.9 Å². The number of para-hydroxylation sites is 1. The molecule has 9 heteroatoms. The van der Waals surface area contributed by atoms with Crippen LogP contribution in [-0.2, 0) is 4.74 Å². The summed E-state index contributed by atoms with van der Waals surface area (Å²) in [6.07, 6.45) is -0.521. The van der Waals surface area contributed by atoms with Crippen molar-refractivity contribution < 1.29 is 18.9 Å². The second-order valence-electron chi connectivity index (χ2n) is 5.76. The monoisotopic (exact) mass is 322 g/mol. The normalized spacial score (nSPS) is 11.3. The van der Waals surface area contributed by atoms with E-state index in [0.717, 1.165) is 0 Å². The van der Waals surface area contributed by atoms with Gasteiger partial charge in [0, 0.05) is 19.2 Å². The third-order valence-corrected chi connectivity index (χ3v) is 2.66. The van der Waals surface area contributed by atoms with E-state index in [0.29, 0.717) is 12.1 Å². The molecule has 0 spiro atoms. The van der Waals surface area contributed by atoms with Crippen LogP contribution in [0.15, 0.2) is 22.6 Å². The fraction of sp³-hybridized carbons (Fsp3) is 0.429. The average molecular weight is 322 g/mol. The van der Waals surface area contributed by atoms with Crippen LogP contribution in [0, 0.1) is 10.1 Å². The molecule has 0 saturated carbocycles. The van der Waals surface area contributed by atoms with Gasteiger partial charge < -0.3 is 19.8 Å². The van der Waals surface area contributed by atoms with Crippen molar-refractivity contribution in [3.63, 3.8) is 0 Å². The van der Waals surface area contributed by atoms with Gasteiger partial charge in [-0.3, -0.25) is 10.1 Å². The van der Waals surface area contributed by atoms with Crippen LogP contribution in [0.5, 0.6) is 0 Å². The second kappa shape index (κ2) is 6.51. The Kier molecular flexibility index (Phi) is 4.68. The third kappa shape index (κ3) is 4.56. The van der Waals surface area contributed by atoms with Crippen molar-refractivity contribution in [3.8, 4) is 0 Å². The predicted octanol–water partition coefficient (Wildman–Crippen LogP) is 2.67. The van der Waals surface area contributed by atoms with Gasteiger partial charge in [-0.2, -0.15) is 4.98 Å². The Bertz CT molecular complexity index is 720. The first-order valence-electron chi connectivity index (χ1n) is 7.01. The van der Waals surface area contributed by atoms with Crippen molar-refractivity contribution in [1.29, 1.82) is 0 Å². The third-order valence-electron chi connectivity index (χ3n) is 2.66. The first-order valence-corrected chi connectivity index (χ1v) is 7.01. The molecule has 0 unspecified atom stereocenters. The predicted molar refractivity (Wildman–Crippen MR) is 83.4 cm³/mol. The van der Waals surface area contributed by atoms with Crippen LogP contribution in [-0.4, -0.2) is 34.7 Å². The molecule has 23 heavy (non-hydrogen) atoms. The van der Waals surface area contributed by atoms with Gasteiger partial charge in [0.2, 0.25) is 0 Å². The number of rotatable bonds is 5. The molecule has 1 heterocycles. The number of benzene rings is 1. The van der Waals surface area contributed by atoms with Gasteiger partial charge in [0.15, 0.2) is 11.1 Å². The maximum Gasteiger partial charge on any atom is 0.407 e. The zero-order valence-corrected chi connectivity index (χ0v) is 13.1. The van der Waals surface area contributed by atoms with Crippen LogP contribution in [0.25, 0.3) is 11.1 Å². The Labute approximate surface area is 132 Å². The van der Waals surface area contributed by atoms with Gasteiger partial charge in [0.1, 0.15) is 5.60 Å². The molecule has 1 aromatic carbocycles. The fourth-order valence-corrected chi connectivity index (χ4v) is 1.81. The number of nitrogens with one attached hydrogen (secondary N) is 2. The molecule has 2 aromatic rings. The summed E-state index contributed by atoms with van der Waals surface area (Å²) in [5.41, 5.74) is -0.176. The number of nitro groups is 1. The van der Waals surface area contributed by atoms with Crippen molar-refractivity contribution in [2.45, 2.75) is 26.4 Å². The number of alkyl carbamates (subject to hydrolysis) is 1. The van der Waals surface area contributed by atoms with Crippen LogP contribution in [0.2, 0.25) is 0 Å². The second-order valence-corrected chi connectivity index (χ2v) is 5.76. The van der Waals surface area contributed by atoms with Gasteiger partial charge >= 0.3 is 6.09 Å². The van der Waals surface area contributed by atoms with Crippen molar-refractivity contribution in [2.75, 3.05) is 18.4 Å². The van der Waals surface area contributed by atoms with E-state index in [1.807, 2.05) is 0 Å². The number of hydrogen-bond acceptors (Lipinski definition) is 7. The number of carbonyl (C=O) groups is 1. The largest absolute Gasteiger partial charge is 0.444 e. The average Bonchev–Trinajstić information content (AvgIpc) is 2.83. The minimum absolute atomic E-state index is 0.119. The van der Waals surface area contributed by atoms with Crippen molar-refractivity contribution in [1.82, 2.24) is 10.3 Å². The molecule has 9 nitrogen and oxygen atoms in total. The summed E-state index contributed by atoms with van der Waals surface area (Å²) in [7, 11) is 0. The minimum Gasteiger partial charge on any atom is -0.444 e. The van der Waals surface area contributed by atoms with Crippen LogP contribution >= 0.6 is 0 Å². The highest BCUT2D eigenvalue weighted by molar-refractivity contribution is 5.84. The van der Waals surface area contributed by atoms with Crippen molar-refractivity contribution >= 4 is 28.9 Å². The molecule has 1 aromatic heterocycles. The number of oxazole rings is 1. The Hall–Kier alpha value is -2.84. The van der Waals surface area contributed by atoms with Crippen LogP contribution in [0.1, 0.15) is 20.8 Å².